The van der Waals surface area contributed by atoms with E-state index >= 15 is 0 Å². The standard InChI is InChI=1S/C24H31N5O7S2/c1-6-7-8-9-13-10-37-20-16(27-18(30)15(28-34-5)14-11-38-23(25)26-14)19(31)29(20)17(13)21(32)35-12-36-22(33)24(2,3)4/h8-9,11,16,20H,6-7,10,12H2,1-5H3,(H2,25,26)(H,27,30)/b9-8+,28-15-/t16-,20-/m1/s1. The minimum atomic E-state index is -0.923. The molecule has 3 N–H and O–H groups in total. The van der Waals surface area contributed by atoms with E-state index in [1.807, 2.05) is 13.0 Å². The van der Waals surface area contributed by atoms with E-state index in [2.05, 4.69) is 15.5 Å². The predicted molar refractivity (Wildman–Crippen MR) is 143 cm³/mol. The number of rotatable bonds is 10. The van der Waals surface area contributed by atoms with Gasteiger partial charge in [-0.25, -0.2) is 9.78 Å². The first-order chi connectivity index (χ1) is 18.0. The number of esters is 2. The van der Waals surface area contributed by atoms with E-state index < -0.39 is 47.4 Å². The van der Waals surface area contributed by atoms with Crippen LogP contribution in [0.25, 0.3) is 0 Å². The van der Waals surface area contributed by atoms with Gasteiger partial charge in [0.2, 0.25) is 6.79 Å². The summed E-state index contributed by atoms with van der Waals surface area (Å²) < 4.78 is 10.3. The van der Waals surface area contributed by atoms with E-state index in [4.69, 9.17) is 20.0 Å². The molecule has 3 heterocycles. The molecule has 206 valence electrons. The third kappa shape index (κ3) is 6.54. The zero-order valence-corrected chi connectivity index (χ0v) is 23.4. The number of thiazole rings is 1. The van der Waals surface area contributed by atoms with Crippen molar-refractivity contribution >= 4 is 57.7 Å². The number of unbranched alkanes of at least 4 members (excludes halogenated alkanes) is 1. The Morgan fingerprint density at radius 1 is 1.32 bits per heavy atom. The third-order valence-electron chi connectivity index (χ3n) is 5.41. The molecule has 0 aliphatic carbocycles. The number of fused-ring (bicyclic) bond motifs is 1. The van der Waals surface area contributed by atoms with Crippen LogP contribution < -0.4 is 11.1 Å². The van der Waals surface area contributed by atoms with Gasteiger partial charge >= 0.3 is 11.9 Å². The molecule has 0 saturated carbocycles. The Labute approximate surface area is 228 Å². The Morgan fingerprint density at radius 3 is 2.66 bits per heavy atom. The molecule has 0 unspecified atom stereocenters. The fraction of sp³-hybridized carbons (Fsp3) is 0.500. The highest BCUT2D eigenvalue weighted by molar-refractivity contribution is 8.00. The Bertz CT molecular complexity index is 1180. The number of hydrogen-bond donors (Lipinski definition) is 2. The van der Waals surface area contributed by atoms with Crippen LogP contribution in [0.2, 0.25) is 0 Å². The topological polar surface area (TPSA) is 163 Å². The molecule has 2 atom stereocenters. The summed E-state index contributed by atoms with van der Waals surface area (Å²) in [5.74, 6) is -2.10. The van der Waals surface area contributed by atoms with Crippen molar-refractivity contribution in [1.82, 2.24) is 15.2 Å². The van der Waals surface area contributed by atoms with Crippen LogP contribution in [0, 0.1) is 5.41 Å². The highest BCUT2D eigenvalue weighted by Gasteiger charge is 2.54. The molecule has 1 aromatic rings. The lowest BCUT2D eigenvalue weighted by atomic mass is 9.98. The third-order valence-corrected chi connectivity index (χ3v) is 7.38. The average molecular weight is 566 g/mol. The number of carbonyl (C=O) groups is 4. The first-order valence-electron chi connectivity index (χ1n) is 11.8. The number of nitrogens with two attached hydrogens (primary N) is 1. The van der Waals surface area contributed by atoms with Crippen LogP contribution in [0.4, 0.5) is 5.13 Å². The molecule has 0 radical (unpaired) electrons. The van der Waals surface area contributed by atoms with Gasteiger partial charge in [0.1, 0.15) is 29.9 Å². The van der Waals surface area contributed by atoms with Crippen molar-refractivity contribution in [2.45, 2.75) is 52.0 Å². The molecule has 14 heteroatoms. The van der Waals surface area contributed by atoms with E-state index in [0.29, 0.717) is 11.3 Å². The number of nitrogens with zero attached hydrogens (tertiary/aromatic N) is 3. The molecular formula is C24H31N5O7S2. The maximum atomic E-state index is 13.2. The van der Waals surface area contributed by atoms with E-state index in [9.17, 15) is 19.2 Å². The lowest BCUT2D eigenvalue weighted by Crippen LogP contribution is -2.71. The highest BCUT2D eigenvalue weighted by Crippen LogP contribution is 2.41. The number of amides is 2. The second-order valence-electron chi connectivity index (χ2n) is 9.35. The molecule has 0 bridgehead atoms. The second kappa shape index (κ2) is 12.4. The quantitative estimate of drug-likeness (QED) is 0.141. The molecule has 1 saturated heterocycles. The maximum absolute atomic E-state index is 13.2. The summed E-state index contributed by atoms with van der Waals surface area (Å²) in [7, 11) is 1.28. The molecule has 2 aliphatic heterocycles. The summed E-state index contributed by atoms with van der Waals surface area (Å²) in [4.78, 5) is 61.4. The molecule has 2 amide bonds. The van der Waals surface area contributed by atoms with Gasteiger partial charge in [-0.3, -0.25) is 19.3 Å². The van der Waals surface area contributed by atoms with Crippen LogP contribution in [-0.2, 0) is 33.5 Å². The first kappa shape index (κ1) is 29.2. The number of allylic oxidation sites excluding steroid dienone is 2. The zero-order chi connectivity index (χ0) is 28.0. The van der Waals surface area contributed by atoms with Gasteiger partial charge in [0, 0.05) is 11.1 Å². The van der Waals surface area contributed by atoms with E-state index in [1.165, 1.54) is 23.8 Å². The summed E-state index contributed by atoms with van der Waals surface area (Å²) in [6, 6.07) is -0.923. The van der Waals surface area contributed by atoms with Crippen molar-refractivity contribution in [2.24, 2.45) is 10.6 Å². The summed E-state index contributed by atoms with van der Waals surface area (Å²) in [6.07, 6.45) is 5.41. The molecular weight excluding hydrogens is 534 g/mol. The van der Waals surface area contributed by atoms with Crippen LogP contribution in [0.3, 0.4) is 0 Å². The van der Waals surface area contributed by atoms with E-state index in [-0.39, 0.29) is 22.2 Å². The number of oxime groups is 1. The van der Waals surface area contributed by atoms with Gasteiger partial charge in [-0.15, -0.1) is 23.1 Å². The first-order valence-corrected chi connectivity index (χ1v) is 13.7. The minimum Gasteiger partial charge on any atom is -0.427 e. The molecule has 0 aromatic carbocycles. The summed E-state index contributed by atoms with van der Waals surface area (Å²) in [6.45, 7) is 6.48. The van der Waals surface area contributed by atoms with E-state index in [1.54, 1.807) is 32.2 Å². The molecule has 3 rings (SSSR count). The maximum Gasteiger partial charge on any atom is 0.358 e. The van der Waals surface area contributed by atoms with Crippen LogP contribution in [0.15, 0.2) is 34.0 Å². The Kier molecular flexibility index (Phi) is 9.55. The number of nitrogens with one attached hydrogen (secondary N) is 1. The fourth-order valence-corrected chi connectivity index (χ4v) is 5.34. The Balaban J connectivity index is 1.77. The number of carbonyl (C=O) groups excluding carboxylic acids is 4. The number of anilines is 1. The zero-order valence-electron chi connectivity index (χ0n) is 21.8. The van der Waals surface area contributed by atoms with Gasteiger partial charge in [-0.1, -0.05) is 30.7 Å². The molecule has 38 heavy (non-hydrogen) atoms. The van der Waals surface area contributed by atoms with Crippen molar-refractivity contribution in [3.05, 3.63) is 34.5 Å². The van der Waals surface area contributed by atoms with Crippen LogP contribution in [0.1, 0.15) is 46.2 Å². The number of ether oxygens (including phenoxy) is 2. The summed E-state index contributed by atoms with van der Waals surface area (Å²) >= 11 is 2.52. The molecule has 0 spiro atoms. The minimum absolute atomic E-state index is 0.0569. The van der Waals surface area contributed by atoms with Crippen molar-refractivity contribution in [3.63, 3.8) is 0 Å². The number of thioether (sulfide) groups is 1. The van der Waals surface area contributed by atoms with Gasteiger partial charge in [-0.2, -0.15) is 0 Å². The van der Waals surface area contributed by atoms with Gasteiger partial charge in [0.25, 0.3) is 11.8 Å². The van der Waals surface area contributed by atoms with Crippen LogP contribution in [-0.4, -0.2) is 70.4 Å². The highest BCUT2D eigenvalue weighted by atomic mass is 32.2. The number of nitrogen functional groups attached to an aromatic ring is 1. The molecule has 1 fully saturated rings. The number of hydrogen-bond acceptors (Lipinski definition) is 12. The SMILES string of the molecule is CCC/C=C/C1=C(C(=O)OCOC(=O)C(C)(C)C)N2C(=O)[C@@H](NC(=O)/C(=N\OC)c3csc(N)n3)[C@H]2SC1. The Hall–Kier alpha value is -3.39. The van der Waals surface area contributed by atoms with Gasteiger partial charge in [-0.05, 0) is 32.8 Å². The van der Waals surface area contributed by atoms with Gasteiger partial charge in [0.05, 0.1) is 5.41 Å². The molecule has 2 aliphatic rings. The monoisotopic (exact) mass is 565 g/mol. The van der Waals surface area contributed by atoms with Crippen LogP contribution >= 0.6 is 23.1 Å². The number of β-lactam (4-membered cyclic amide) rings is 1. The van der Waals surface area contributed by atoms with Crippen molar-refractivity contribution < 1.29 is 33.5 Å². The largest absolute Gasteiger partial charge is 0.427 e. The lowest BCUT2D eigenvalue weighted by Gasteiger charge is -2.49. The Morgan fingerprint density at radius 2 is 2.05 bits per heavy atom. The summed E-state index contributed by atoms with van der Waals surface area (Å²) in [5, 5.41) is 7.64. The lowest BCUT2D eigenvalue weighted by molar-refractivity contribution is -0.173. The fourth-order valence-electron chi connectivity index (χ4n) is 3.48. The summed E-state index contributed by atoms with van der Waals surface area (Å²) in [5.41, 5.74) is 5.64. The van der Waals surface area contributed by atoms with Crippen molar-refractivity contribution in [2.75, 3.05) is 25.4 Å². The van der Waals surface area contributed by atoms with Crippen molar-refractivity contribution in [3.8, 4) is 0 Å². The second-order valence-corrected chi connectivity index (χ2v) is 11.3. The van der Waals surface area contributed by atoms with Crippen molar-refractivity contribution in [1.29, 1.82) is 0 Å². The number of aromatic nitrogens is 1. The normalized spacial score (nSPS) is 19.7. The van der Waals surface area contributed by atoms with E-state index in [0.717, 1.165) is 24.2 Å². The predicted octanol–water partition coefficient (Wildman–Crippen LogP) is 2.18. The van der Waals surface area contributed by atoms with Gasteiger partial charge in [0.15, 0.2) is 10.8 Å². The van der Waals surface area contributed by atoms with Gasteiger partial charge < -0.3 is 25.4 Å². The molecule has 1 aromatic heterocycles. The molecule has 12 nitrogen and oxygen atoms in total. The average Bonchev–Trinajstić information content (AvgIpc) is 3.30. The smallest absolute Gasteiger partial charge is 0.358 e. The van der Waals surface area contributed by atoms with Crippen LogP contribution in [0.5, 0.6) is 0 Å².